The van der Waals surface area contributed by atoms with Crippen LogP contribution in [0.2, 0.25) is 0 Å². The number of rotatable bonds is 63. The Bertz CT molecular complexity index is 1210. The van der Waals surface area contributed by atoms with Crippen molar-refractivity contribution in [3.05, 3.63) is 36.5 Å². The molecule has 0 radical (unpaired) electrons. The molecule has 2 atom stereocenters. The van der Waals surface area contributed by atoms with Gasteiger partial charge in [-0.25, -0.2) is 0 Å². The summed E-state index contributed by atoms with van der Waals surface area (Å²) in [7, 11) is 0. The molecular formula is C69H131NO5. The van der Waals surface area contributed by atoms with Gasteiger partial charge in [0.2, 0.25) is 5.91 Å². The van der Waals surface area contributed by atoms with Crippen LogP contribution in [-0.4, -0.2) is 47.4 Å². The van der Waals surface area contributed by atoms with Gasteiger partial charge in [0.25, 0.3) is 0 Å². The van der Waals surface area contributed by atoms with Crippen LogP contribution < -0.4 is 5.32 Å². The Kier molecular flexibility index (Phi) is 63.0. The van der Waals surface area contributed by atoms with E-state index in [1.807, 2.05) is 6.08 Å². The number of carbonyl (C=O) groups excluding carboxylic acids is 2. The van der Waals surface area contributed by atoms with Crippen molar-refractivity contribution in [2.75, 3.05) is 13.2 Å². The standard InChI is InChI=1S/C69H131NO5/c1-3-5-7-9-11-13-15-17-19-31-35-39-43-47-51-55-59-63-69(74)75-64-60-56-52-48-44-40-36-33-30-28-26-24-22-20-21-23-25-27-29-32-34-38-42-46-50-54-58-62-68(73)70-66(65-71)67(72)61-57-53-49-45-41-37-18-16-14-12-10-8-6-4-2/h17,19-21,57,61,66-67,71-72H,3-16,18,22-56,58-60,62-65H2,1-2H3,(H,70,73)/b19-17-,21-20-,61-57+. The number of amides is 1. The lowest BCUT2D eigenvalue weighted by molar-refractivity contribution is -0.143. The molecule has 0 aliphatic carbocycles. The molecule has 0 aromatic heterocycles. The number of hydrogen-bond acceptors (Lipinski definition) is 5. The molecule has 6 heteroatoms. The Hall–Kier alpha value is -1.92. The highest BCUT2D eigenvalue weighted by molar-refractivity contribution is 5.76. The quantitative estimate of drug-likeness (QED) is 0.0320. The number of allylic oxidation sites excluding steroid dienone is 5. The predicted molar refractivity (Wildman–Crippen MR) is 329 cm³/mol. The zero-order valence-electron chi connectivity index (χ0n) is 50.5. The molecule has 0 heterocycles. The lowest BCUT2D eigenvalue weighted by Crippen LogP contribution is -2.45. The van der Waals surface area contributed by atoms with Crippen molar-refractivity contribution in [3.8, 4) is 0 Å². The number of ether oxygens (including phenoxy) is 1. The Morgan fingerprint density at radius 1 is 0.360 bits per heavy atom. The van der Waals surface area contributed by atoms with Gasteiger partial charge in [-0.15, -0.1) is 0 Å². The predicted octanol–water partition coefficient (Wildman–Crippen LogP) is 21.5. The largest absolute Gasteiger partial charge is 0.466 e. The van der Waals surface area contributed by atoms with Crippen molar-refractivity contribution in [2.24, 2.45) is 0 Å². The molecule has 0 fully saturated rings. The summed E-state index contributed by atoms with van der Waals surface area (Å²) in [6.45, 7) is 4.92. The third kappa shape index (κ3) is 61.2. The number of unbranched alkanes of at least 4 members (excludes halogenated alkanes) is 48. The van der Waals surface area contributed by atoms with Crippen molar-refractivity contribution in [1.82, 2.24) is 5.32 Å². The molecule has 0 aliphatic rings. The first-order valence-electron chi connectivity index (χ1n) is 33.8. The minimum Gasteiger partial charge on any atom is -0.466 e. The highest BCUT2D eigenvalue weighted by atomic mass is 16.5. The molecule has 3 N–H and O–H groups in total. The Morgan fingerprint density at radius 2 is 0.627 bits per heavy atom. The van der Waals surface area contributed by atoms with Gasteiger partial charge in [-0.05, 0) is 83.5 Å². The van der Waals surface area contributed by atoms with Crippen molar-refractivity contribution in [3.63, 3.8) is 0 Å². The van der Waals surface area contributed by atoms with Crippen LogP contribution in [0.5, 0.6) is 0 Å². The van der Waals surface area contributed by atoms with Gasteiger partial charge in [0.15, 0.2) is 0 Å². The van der Waals surface area contributed by atoms with Crippen molar-refractivity contribution >= 4 is 11.9 Å². The van der Waals surface area contributed by atoms with Gasteiger partial charge in [-0.1, -0.05) is 307 Å². The molecule has 75 heavy (non-hydrogen) atoms. The maximum atomic E-state index is 12.5. The summed E-state index contributed by atoms with van der Waals surface area (Å²) >= 11 is 0. The van der Waals surface area contributed by atoms with E-state index in [1.54, 1.807) is 6.08 Å². The number of aliphatic hydroxyl groups is 2. The Balaban J connectivity index is 3.39. The van der Waals surface area contributed by atoms with Crippen LogP contribution in [0.15, 0.2) is 36.5 Å². The van der Waals surface area contributed by atoms with E-state index < -0.39 is 12.1 Å². The highest BCUT2D eigenvalue weighted by Crippen LogP contribution is 2.17. The average molecular weight is 1050 g/mol. The molecule has 0 saturated heterocycles. The van der Waals surface area contributed by atoms with Crippen LogP contribution in [0.4, 0.5) is 0 Å². The van der Waals surface area contributed by atoms with E-state index in [-0.39, 0.29) is 18.5 Å². The number of esters is 1. The molecule has 0 bridgehead atoms. The van der Waals surface area contributed by atoms with Crippen molar-refractivity contribution in [1.29, 1.82) is 0 Å². The molecule has 0 aliphatic heterocycles. The van der Waals surface area contributed by atoms with Gasteiger partial charge in [0.1, 0.15) is 0 Å². The van der Waals surface area contributed by atoms with Gasteiger partial charge in [0, 0.05) is 12.8 Å². The number of carbonyl (C=O) groups is 2. The molecular weight excluding hydrogens is 923 g/mol. The monoisotopic (exact) mass is 1050 g/mol. The summed E-state index contributed by atoms with van der Waals surface area (Å²) in [5.41, 5.74) is 0. The molecule has 2 unspecified atom stereocenters. The maximum Gasteiger partial charge on any atom is 0.305 e. The molecule has 0 rings (SSSR count). The third-order valence-corrected chi connectivity index (χ3v) is 15.6. The molecule has 0 saturated carbocycles. The number of nitrogens with one attached hydrogen (secondary N) is 1. The molecule has 0 spiro atoms. The molecule has 1 amide bonds. The third-order valence-electron chi connectivity index (χ3n) is 15.6. The van der Waals surface area contributed by atoms with Crippen LogP contribution in [0.3, 0.4) is 0 Å². The summed E-state index contributed by atoms with van der Waals surface area (Å²) in [6, 6.07) is -0.628. The fourth-order valence-corrected chi connectivity index (χ4v) is 10.4. The van der Waals surface area contributed by atoms with Crippen LogP contribution in [0.1, 0.15) is 367 Å². The minimum atomic E-state index is -0.845. The molecule has 0 aromatic carbocycles. The zero-order chi connectivity index (χ0) is 54.3. The second-order valence-corrected chi connectivity index (χ2v) is 23.1. The van der Waals surface area contributed by atoms with Crippen molar-refractivity contribution < 1.29 is 24.5 Å². The van der Waals surface area contributed by atoms with Gasteiger partial charge in [0.05, 0.1) is 25.4 Å². The van der Waals surface area contributed by atoms with Gasteiger partial charge in [-0.3, -0.25) is 9.59 Å². The first kappa shape index (κ1) is 73.1. The van der Waals surface area contributed by atoms with Gasteiger partial charge >= 0.3 is 5.97 Å². The van der Waals surface area contributed by atoms with Gasteiger partial charge < -0.3 is 20.3 Å². The summed E-state index contributed by atoms with van der Waals surface area (Å²) in [5.74, 6) is -0.0559. The Labute approximate surface area is 468 Å². The van der Waals surface area contributed by atoms with Crippen LogP contribution in [-0.2, 0) is 14.3 Å². The molecule has 442 valence electrons. The highest BCUT2D eigenvalue weighted by Gasteiger charge is 2.18. The second kappa shape index (κ2) is 64.6. The average Bonchev–Trinajstić information content (AvgIpc) is 3.41. The van der Waals surface area contributed by atoms with Gasteiger partial charge in [-0.2, -0.15) is 0 Å². The SMILES string of the molecule is CCCCCCCC/C=C\CCCCCCCCCC(=O)OCCCCCCCCCCCCCC/C=C\CCCCCCCCCCCCCC(=O)NC(CO)C(O)/C=C/CCCCCCCCCCCCCC. The van der Waals surface area contributed by atoms with E-state index in [0.717, 1.165) is 44.9 Å². The van der Waals surface area contributed by atoms with E-state index in [1.165, 1.54) is 295 Å². The lowest BCUT2D eigenvalue weighted by Gasteiger charge is -2.20. The fraction of sp³-hybridized carbons (Fsp3) is 0.884. The maximum absolute atomic E-state index is 12.5. The number of hydrogen-bond donors (Lipinski definition) is 3. The van der Waals surface area contributed by atoms with Crippen LogP contribution >= 0.6 is 0 Å². The van der Waals surface area contributed by atoms with E-state index in [4.69, 9.17) is 4.74 Å². The van der Waals surface area contributed by atoms with Crippen LogP contribution in [0, 0.1) is 0 Å². The Morgan fingerprint density at radius 3 is 0.947 bits per heavy atom. The minimum absolute atomic E-state index is 0.0116. The first-order chi connectivity index (χ1) is 37.0. The smallest absolute Gasteiger partial charge is 0.305 e. The van der Waals surface area contributed by atoms with E-state index >= 15 is 0 Å². The summed E-state index contributed by atoms with van der Waals surface area (Å²) in [6.07, 6.45) is 82.1. The van der Waals surface area contributed by atoms with E-state index in [0.29, 0.717) is 19.4 Å². The first-order valence-corrected chi connectivity index (χ1v) is 33.8. The second-order valence-electron chi connectivity index (χ2n) is 23.1. The normalized spacial score (nSPS) is 12.7. The fourth-order valence-electron chi connectivity index (χ4n) is 10.4. The van der Waals surface area contributed by atoms with Crippen molar-refractivity contribution in [2.45, 2.75) is 379 Å². The lowest BCUT2D eigenvalue weighted by atomic mass is 10.0. The van der Waals surface area contributed by atoms with E-state index in [9.17, 15) is 19.8 Å². The van der Waals surface area contributed by atoms with E-state index in [2.05, 4.69) is 43.5 Å². The number of aliphatic hydroxyl groups excluding tert-OH is 2. The summed E-state index contributed by atoms with van der Waals surface area (Å²) in [4.78, 5) is 24.6. The molecule has 6 nitrogen and oxygen atoms in total. The molecule has 0 aromatic rings. The topological polar surface area (TPSA) is 95.9 Å². The summed E-state index contributed by atoms with van der Waals surface area (Å²) < 4.78 is 5.50. The summed E-state index contributed by atoms with van der Waals surface area (Å²) in [5, 5.41) is 23.1. The van der Waals surface area contributed by atoms with Crippen LogP contribution in [0.25, 0.3) is 0 Å². The zero-order valence-corrected chi connectivity index (χ0v) is 50.5.